The Bertz CT molecular complexity index is 4840. The summed E-state index contributed by atoms with van der Waals surface area (Å²) in [5, 5.41) is 0. The number of hydrogen-bond donors (Lipinski definition) is 0. The van der Waals surface area contributed by atoms with Crippen molar-refractivity contribution < 1.29 is 72.7 Å². The average molecular weight is 1830 g/mol. The molecule has 0 aliphatic carbocycles. The topological polar surface area (TPSA) is 142 Å². The molecule has 495 valence electrons. The van der Waals surface area contributed by atoms with Crippen molar-refractivity contribution in [3.8, 4) is 101 Å². The summed E-state index contributed by atoms with van der Waals surface area (Å²) in [6.07, 6.45) is 11.4. The quantitative estimate of drug-likeness (QED) is 0.127. The summed E-state index contributed by atoms with van der Waals surface area (Å²) in [6, 6.07) is 98.2. The molecule has 15 aromatic rings. The zero-order valence-electron chi connectivity index (χ0n) is 62.7. The van der Waals surface area contributed by atoms with Gasteiger partial charge in [-0.25, -0.2) is 15.0 Å². The van der Waals surface area contributed by atoms with Gasteiger partial charge in [-0.1, -0.05) is 72.8 Å². The van der Waals surface area contributed by atoms with Crippen LogP contribution in [0.3, 0.4) is 0 Å². The molecular weight excluding hydrogens is 1750 g/mol. The standard InChI is InChI=1S/C17H13N2.C16H13N4.C16H11N2.3C12H10N.3Ir/c1-13-6-5-9-16(19-13)15-10-11-18-17(12-15)14-7-3-2-4-8-14;1-11-18-12(2)20-16(19-11)14-8-9-15(17-10-14)13-6-4-3-5-7-13;1-2-6-13(7-3-1)16-12-14(9-11-18-16)15-8-4-5-10-17-15;3*1-10-7-8-12(13-9-10)11-5-3-2-4-6-11;;;/h2-7,9-12H,1H3;3-6,8-10H,1-2H3;1-6,8-12H;3*2-5,7-9H,1H3;;;/q6*-1;;;/i;;;3*1D3;;;. The summed E-state index contributed by atoms with van der Waals surface area (Å²) in [7, 11) is 0. The van der Waals surface area contributed by atoms with E-state index in [1.54, 1.807) is 73.2 Å². The van der Waals surface area contributed by atoms with Gasteiger partial charge in [0.25, 0.3) is 0 Å². The molecule has 3 radical (unpaired) electrons. The largest absolute Gasteiger partial charge is 0.305 e. The number of aromatic nitrogens is 11. The molecule has 0 amide bonds. The zero-order chi connectivity index (χ0) is 74.0. The first-order chi connectivity index (χ1) is 50.7. The van der Waals surface area contributed by atoms with Crippen LogP contribution in [0.1, 0.15) is 46.4 Å². The van der Waals surface area contributed by atoms with E-state index in [1.165, 1.54) is 18.6 Å². The fourth-order valence-corrected chi connectivity index (χ4v) is 9.12. The third-order valence-corrected chi connectivity index (χ3v) is 13.7. The molecule has 0 bridgehead atoms. The van der Waals surface area contributed by atoms with Gasteiger partial charge in [0.2, 0.25) is 0 Å². The van der Waals surface area contributed by atoms with E-state index in [-0.39, 0.29) is 77.0 Å². The molecule has 0 atom stereocenters. The maximum absolute atomic E-state index is 7.23. The van der Waals surface area contributed by atoms with E-state index in [2.05, 4.69) is 91.2 Å². The monoisotopic (exact) mass is 1830 g/mol. The molecule has 9 aromatic heterocycles. The Kier molecular flexibility index (Phi) is 25.7. The smallest absolute Gasteiger partial charge is 0.164 e. The van der Waals surface area contributed by atoms with Gasteiger partial charge in [0.15, 0.2) is 5.82 Å². The van der Waals surface area contributed by atoms with Crippen LogP contribution in [-0.4, -0.2) is 54.8 Å². The van der Waals surface area contributed by atoms with Crippen LogP contribution >= 0.6 is 0 Å². The normalized spacial score (nSPS) is 11.6. The molecule has 11 nitrogen and oxygen atoms in total. The number of hydrogen-bond acceptors (Lipinski definition) is 11. The number of aryl methyl sites for hydroxylation is 6. The van der Waals surface area contributed by atoms with Gasteiger partial charge in [0, 0.05) is 127 Å². The van der Waals surface area contributed by atoms with Crippen molar-refractivity contribution in [1.29, 1.82) is 0 Å². The van der Waals surface area contributed by atoms with E-state index >= 15 is 0 Å². The summed E-state index contributed by atoms with van der Waals surface area (Å²) in [5.74, 6) is 2.09. The van der Waals surface area contributed by atoms with Gasteiger partial charge in [0.1, 0.15) is 11.6 Å². The molecule has 6 aromatic carbocycles. The maximum Gasteiger partial charge on any atom is 0.164 e. The molecule has 0 aliphatic rings. The van der Waals surface area contributed by atoms with Crippen LogP contribution in [-0.2, 0) is 60.3 Å². The molecule has 99 heavy (non-hydrogen) atoms. The van der Waals surface area contributed by atoms with Gasteiger partial charge < -0.3 is 29.9 Å². The number of nitrogens with zero attached hydrogens (tertiary/aromatic N) is 11. The fourth-order valence-electron chi connectivity index (χ4n) is 9.12. The van der Waals surface area contributed by atoms with Crippen LogP contribution in [0.5, 0.6) is 0 Å². The van der Waals surface area contributed by atoms with Crippen molar-refractivity contribution >= 4 is 0 Å². The SMILES string of the molecule is Cc1cccc(-c2ccnc(-c3[c-]cccc3)c2)n1.Cc1nc(C)nc(-c2ccc(-c3[c-]cccc3)nc2)n1.[2H]C([2H])([2H])c1ccc(-c2[c-]cccc2)nc1.[2H]C([2H])([2H])c1ccc(-c2[c-]cccc2)nc1.[2H]C([2H])([2H])c1ccc(-c2[c-]cccc2)nc1.[Ir].[Ir].[Ir].[c-]1ccccc1-c1cc(-c2ccccn2)ccn1. The Balaban J connectivity index is 0.000000180. The molecule has 9 heterocycles. The van der Waals surface area contributed by atoms with Crippen molar-refractivity contribution in [1.82, 2.24) is 54.8 Å². The minimum atomic E-state index is -2.09. The maximum atomic E-state index is 7.23. The van der Waals surface area contributed by atoms with Gasteiger partial charge in [-0.2, -0.15) is 0 Å². The third-order valence-electron chi connectivity index (χ3n) is 13.7. The van der Waals surface area contributed by atoms with Crippen LogP contribution in [0.15, 0.2) is 298 Å². The summed E-state index contributed by atoms with van der Waals surface area (Å²) in [4.78, 5) is 47.3. The second kappa shape index (κ2) is 40.3. The molecular formula is C85H67Ir3N11-6. The van der Waals surface area contributed by atoms with Gasteiger partial charge >= 0.3 is 0 Å². The molecule has 0 unspecified atom stereocenters. The van der Waals surface area contributed by atoms with Crippen LogP contribution in [0.4, 0.5) is 0 Å². The summed E-state index contributed by atoms with van der Waals surface area (Å²) in [6.45, 7) is -0.557. The van der Waals surface area contributed by atoms with Crippen molar-refractivity contribution in [3.63, 3.8) is 0 Å². The first-order valence-electron chi connectivity index (χ1n) is 34.9. The third kappa shape index (κ3) is 23.9. The van der Waals surface area contributed by atoms with Crippen LogP contribution in [0, 0.1) is 77.7 Å². The molecule has 0 fully saturated rings. The average Bonchev–Trinajstić information content (AvgIpc) is 0.666. The van der Waals surface area contributed by atoms with Crippen molar-refractivity contribution in [2.75, 3.05) is 0 Å². The molecule has 0 saturated carbocycles. The molecule has 14 heteroatoms. The van der Waals surface area contributed by atoms with E-state index in [0.717, 1.165) is 101 Å². The Morgan fingerprint density at radius 1 is 0.263 bits per heavy atom. The molecule has 0 spiro atoms. The molecule has 15 rings (SSSR count). The fraction of sp³-hybridized carbons (Fsp3) is 0.0706. The Morgan fingerprint density at radius 3 is 0.939 bits per heavy atom. The van der Waals surface area contributed by atoms with E-state index in [0.29, 0.717) is 17.5 Å². The minimum absolute atomic E-state index is 0. The second-order valence-electron chi connectivity index (χ2n) is 20.9. The van der Waals surface area contributed by atoms with Crippen molar-refractivity contribution in [2.24, 2.45) is 0 Å². The predicted molar refractivity (Wildman–Crippen MR) is 385 cm³/mol. The van der Waals surface area contributed by atoms with E-state index in [4.69, 9.17) is 12.3 Å². The van der Waals surface area contributed by atoms with Gasteiger partial charge in [0.05, 0.1) is 11.4 Å². The summed E-state index contributed by atoms with van der Waals surface area (Å²) >= 11 is 0. The van der Waals surface area contributed by atoms with Crippen LogP contribution in [0.25, 0.3) is 101 Å². The van der Waals surface area contributed by atoms with Crippen LogP contribution < -0.4 is 0 Å². The summed E-state index contributed by atoms with van der Waals surface area (Å²) < 4.78 is 65.1. The van der Waals surface area contributed by atoms with Gasteiger partial charge in [-0.05, 0) is 140 Å². The molecule has 0 N–H and O–H groups in total. The number of rotatable bonds is 9. The van der Waals surface area contributed by atoms with Gasteiger partial charge in [-0.15, -0.1) is 215 Å². The Morgan fingerprint density at radius 2 is 0.616 bits per heavy atom. The number of pyridine rings is 8. The summed E-state index contributed by atoms with van der Waals surface area (Å²) in [5.41, 5.74) is 17.2. The Labute approximate surface area is 634 Å². The van der Waals surface area contributed by atoms with Crippen LogP contribution in [0.2, 0.25) is 0 Å². The molecule has 0 saturated heterocycles. The first kappa shape index (κ1) is 63.2. The predicted octanol–water partition coefficient (Wildman–Crippen LogP) is 19.1. The number of benzene rings is 6. The van der Waals surface area contributed by atoms with Gasteiger partial charge in [-0.3, -0.25) is 9.97 Å². The van der Waals surface area contributed by atoms with E-state index < -0.39 is 20.6 Å². The first-order valence-corrected chi connectivity index (χ1v) is 30.4. The minimum Gasteiger partial charge on any atom is -0.305 e. The van der Waals surface area contributed by atoms with Crippen molar-refractivity contribution in [3.05, 3.63) is 369 Å². The second-order valence-corrected chi connectivity index (χ2v) is 20.9. The molecule has 0 aliphatic heterocycles. The zero-order valence-corrected chi connectivity index (χ0v) is 60.9. The van der Waals surface area contributed by atoms with E-state index in [1.807, 2.05) is 227 Å². The van der Waals surface area contributed by atoms with Crippen molar-refractivity contribution in [2.45, 2.75) is 41.3 Å². The van der Waals surface area contributed by atoms with E-state index in [9.17, 15) is 0 Å². The Hall–Kier alpha value is -10.5.